The maximum absolute atomic E-state index is 6.41. The van der Waals surface area contributed by atoms with Gasteiger partial charge in [0.05, 0.1) is 23.0 Å². The highest BCUT2D eigenvalue weighted by Crippen LogP contribution is 2.28. The fourth-order valence-electron chi connectivity index (χ4n) is 2.52. The summed E-state index contributed by atoms with van der Waals surface area (Å²) in [5.74, 6) is 0. The van der Waals surface area contributed by atoms with Crippen molar-refractivity contribution < 1.29 is 0 Å². The molecular formula is C17H24ClN3. The summed E-state index contributed by atoms with van der Waals surface area (Å²) in [7, 11) is 0. The van der Waals surface area contributed by atoms with E-state index in [1.807, 2.05) is 10.7 Å². The third-order valence-electron chi connectivity index (χ3n) is 3.53. The number of aromatic nitrogens is 2. The Kier molecular flexibility index (Phi) is 5.83. The number of hydrogen-bond acceptors (Lipinski definition) is 2. The average molecular weight is 306 g/mol. The number of hydrogen-bond donors (Lipinski definition) is 1. The molecule has 0 bridgehead atoms. The summed E-state index contributed by atoms with van der Waals surface area (Å²) in [6, 6.07) is 11.0. The molecule has 4 heteroatoms. The molecule has 0 saturated carbocycles. The molecule has 114 valence electrons. The zero-order chi connectivity index (χ0) is 15.2. The Bertz CT molecular complexity index is 548. The minimum absolute atomic E-state index is 0.185. The molecule has 2 aromatic rings. The van der Waals surface area contributed by atoms with Gasteiger partial charge in [0, 0.05) is 6.04 Å². The number of halogens is 1. The van der Waals surface area contributed by atoms with E-state index in [1.165, 1.54) is 5.56 Å². The normalized spacial score (nSPS) is 12.8. The monoisotopic (exact) mass is 305 g/mol. The first-order chi connectivity index (χ1) is 10.1. The van der Waals surface area contributed by atoms with E-state index in [0.717, 1.165) is 30.1 Å². The molecule has 0 aliphatic carbocycles. The maximum Gasteiger partial charge on any atom is 0.0834 e. The zero-order valence-corrected chi connectivity index (χ0v) is 13.8. The molecule has 1 unspecified atom stereocenters. The molecule has 0 spiro atoms. The first-order valence-corrected chi connectivity index (χ1v) is 8.01. The van der Waals surface area contributed by atoms with Crippen LogP contribution in [0.25, 0.3) is 0 Å². The number of rotatable bonds is 7. The maximum atomic E-state index is 6.41. The van der Waals surface area contributed by atoms with Crippen molar-refractivity contribution in [2.75, 3.05) is 6.54 Å². The van der Waals surface area contributed by atoms with Crippen LogP contribution in [-0.4, -0.2) is 16.3 Å². The predicted molar refractivity (Wildman–Crippen MR) is 88.8 cm³/mol. The first kappa shape index (κ1) is 16.1. The number of nitrogens with one attached hydrogen (secondary N) is 1. The Hall–Kier alpha value is -1.32. The van der Waals surface area contributed by atoms with E-state index in [-0.39, 0.29) is 6.04 Å². The van der Waals surface area contributed by atoms with Gasteiger partial charge in [-0.25, -0.2) is 0 Å². The molecule has 0 saturated heterocycles. The van der Waals surface area contributed by atoms with Crippen LogP contribution in [0.1, 0.15) is 50.5 Å². The second kappa shape index (κ2) is 7.62. The molecule has 3 nitrogen and oxygen atoms in total. The highest BCUT2D eigenvalue weighted by atomic mass is 35.5. The van der Waals surface area contributed by atoms with Gasteiger partial charge in [-0.05, 0) is 38.8 Å². The van der Waals surface area contributed by atoms with Crippen molar-refractivity contribution in [3.63, 3.8) is 0 Å². The molecule has 0 fully saturated rings. The molecule has 1 N–H and O–H groups in total. The lowest BCUT2D eigenvalue weighted by Gasteiger charge is -2.22. The van der Waals surface area contributed by atoms with Crippen LogP contribution in [0.15, 0.2) is 36.5 Å². The van der Waals surface area contributed by atoms with E-state index >= 15 is 0 Å². The van der Waals surface area contributed by atoms with Gasteiger partial charge in [0.25, 0.3) is 0 Å². The third kappa shape index (κ3) is 4.08. The molecule has 0 aliphatic rings. The fraction of sp³-hybridized carbons (Fsp3) is 0.471. The Balaban J connectivity index is 2.29. The van der Waals surface area contributed by atoms with Crippen LogP contribution in [0.2, 0.25) is 5.02 Å². The SMILES string of the molecule is CCCNC(Cc1ccccc1)c1c(Cl)cnn1C(C)C. The minimum Gasteiger partial charge on any atom is -0.308 e. The summed E-state index contributed by atoms with van der Waals surface area (Å²) in [6.07, 6.45) is 3.76. The van der Waals surface area contributed by atoms with E-state index in [2.05, 4.69) is 55.5 Å². The average Bonchev–Trinajstić information content (AvgIpc) is 2.86. The van der Waals surface area contributed by atoms with Crippen molar-refractivity contribution in [2.45, 2.75) is 45.7 Å². The zero-order valence-electron chi connectivity index (χ0n) is 13.0. The lowest BCUT2D eigenvalue weighted by molar-refractivity contribution is 0.442. The topological polar surface area (TPSA) is 29.9 Å². The highest BCUT2D eigenvalue weighted by molar-refractivity contribution is 6.31. The van der Waals surface area contributed by atoms with Gasteiger partial charge in [-0.1, -0.05) is 48.9 Å². The highest BCUT2D eigenvalue weighted by Gasteiger charge is 2.21. The standard InChI is InChI=1S/C17H24ClN3/c1-4-10-19-16(11-14-8-6-5-7-9-14)17-15(18)12-20-21(17)13(2)3/h5-9,12-13,16,19H,4,10-11H2,1-3H3. The second-order valence-corrected chi connectivity index (χ2v) is 6.02. The van der Waals surface area contributed by atoms with Gasteiger partial charge in [0.1, 0.15) is 0 Å². The van der Waals surface area contributed by atoms with Crippen molar-refractivity contribution in [2.24, 2.45) is 0 Å². The third-order valence-corrected chi connectivity index (χ3v) is 3.82. The predicted octanol–water partition coefficient (Wildman–Crippen LogP) is 4.40. The van der Waals surface area contributed by atoms with Crippen molar-refractivity contribution >= 4 is 11.6 Å². The van der Waals surface area contributed by atoms with Gasteiger partial charge in [-0.3, -0.25) is 4.68 Å². The van der Waals surface area contributed by atoms with E-state index in [0.29, 0.717) is 6.04 Å². The van der Waals surface area contributed by atoms with E-state index < -0.39 is 0 Å². The molecule has 0 radical (unpaired) electrons. The molecule has 1 atom stereocenters. The summed E-state index contributed by atoms with van der Waals surface area (Å²) in [6.45, 7) is 7.41. The Morgan fingerprint density at radius 2 is 1.95 bits per heavy atom. The van der Waals surface area contributed by atoms with Gasteiger partial charge in [-0.15, -0.1) is 0 Å². The number of benzene rings is 1. The van der Waals surface area contributed by atoms with Gasteiger partial charge < -0.3 is 5.32 Å². The van der Waals surface area contributed by atoms with Gasteiger partial charge in [-0.2, -0.15) is 5.10 Å². The Morgan fingerprint density at radius 1 is 1.24 bits per heavy atom. The Morgan fingerprint density at radius 3 is 2.57 bits per heavy atom. The summed E-state index contributed by atoms with van der Waals surface area (Å²) in [5, 5.41) is 8.79. The van der Waals surface area contributed by atoms with Crippen LogP contribution < -0.4 is 5.32 Å². The van der Waals surface area contributed by atoms with Crippen molar-refractivity contribution in [3.05, 3.63) is 52.8 Å². The lowest BCUT2D eigenvalue weighted by atomic mass is 10.0. The molecule has 2 rings (SSSR count). The van der Waals surface area contributed by atoms with Crippen molar-refractivity contribution in [1.29, 1.82) is 0 Å². The van der Waals surface area contributed by atoms with Crippen LogP contribution in [0, 0.1) is 0 Å². The van der Waals surface area contributed by atoms with E-state index in [4.69, 9.17) is 11.6 Å². The van der Waals surface area contributed by atoms with E-state index in [9.17, 15) is 0 Å². The number of nitrogens with zero attached hydrogens (tertiary/aromatic N) is 2. The van der Waals surface area contributed by atoms with Crippen molar-refractivity contribution in [3.8, 4) is 0 Å². The molecule has 21 heavy (non-hydrogen) atoms. The lowest BCUT2D eigenvalue weighted by Crippen LogP contribution is -2.27. The summed E-state index contributed by atoms with van der Waals surface area (Å²) >= 11 is 6.41. The largest absolute Gasteiger partial charge is 0.308 e. The summed E-state index contributed by atoms with van der Waals surface area (Å²) < 4.78 is 2.03. The summed E-state index contributed by atoms with van der Waals surface area (Å²) in [5.41, 5.74) is 2.39. The van der Waals surface area contributed by atoms with E-state index in [1.54, 1.807) is 6.20 Å². The van der Waals surface area contributed by atoms with Crippen LogP contribution in [-0.2, 0) is 6.42 Å². The van der Waals surface area contributed by atoms with Gasteiger partial charge in [0.15, 0.2) is 0 Å². The molecular weight excluding hydrogens is 282 g/mol. The van der Waals surface area contributed by atoms with Crippen LogP contribution >= 0.6 is 11.6 Å². The molecule has 1 heterocycles. The molecule has 1 aromatic carbocycles. The molecule has 0 amide bonds. The first-order valence-electron chi connectivity index (χ1n) is 7.63. The smallest absolute Gasteiger partial charge is 0.0834 e. The summed E-state index contributed by atoms with van der Waals surface area (Å²) in [4.78, 5) is 0. The molecule has 1 aromatic heterocycles. The van der Waals surface area contributed by atoms with Gasteiger partial charge >= 0.3 is 0 Å². The van der Waals surface area contributed by atoms with Gasteiger partial charge in [0.2, 0.25) is 0 Å². The second-order valence-electron chi connectivity index (χ2n) is 5.61. The van der Waals surface area contributed by atoms with Crippen molar-refractivity contribution in [1.82, 2.24) is 15.1 Å². The quantitative estimate of drug-likeness (QED) is 0.821. The Labute approximate surface area is 132 Å². The fourth-order valence-corrected chi connectivity index (χ4v) is 2.78. The van der Waals surface area contributed by atoms with Crippen LogP contribution in [0.3, 0.4) is 0 Å². The minimum atomic E-state index is 0.185. The molecule has 0 aliphatic heterocycles. The van der Waals surface area contributed by atoms with Crippen LogP contribution in [0.4, 0.5) is 0 Å². The van der Waals surface area contributed by atoms with Crippen LogP contribution in [0.5, 0.6) is 0 Å².